The van der Waals surface area contributed by atoms with Crippen molar-refractivity contribution in [3.8, 4) is 0 Å². The number of alkyl halides is 1. The SMILES string of the molecule is CCN(c1c(F)cc(CCl)cc1F)C1CCCC1. The molecule has 0 aliphatic heterocycles. The van der Waals surface area contributed by atoms with Crippen LogP contribution in [0, 0.1) is 11.6 Å². The van der Waals surface area contributed by atoms with Crippen LogP contribution in [0.15, 0.2) is 12.1 Å². The van der Waals surface area contributed by atoms with Crippen LogP contribution in [0.25, 0.3) is 0 Å². The van der Waals surface area contributed by atoms with Gasteiger partial charge in [0.25, 0.3) is 0 Å². The van der Waals surface area contributed by atoms with E-state index in [1.54, 1.807) is 0 Å². The van der Waals surface area contributed by atoms with Crippen molar-refractivity contribution < 1.29 is 8.78 Å². The second kappa shape index (κ2) is 5.87. The van der Waals surface area contributed by atoms with Gasteiger partial charge < -0.3 is 4.90 Å². The first-order valence-electron chi connectivity index (χ1n) is 6.48. The van der Waals surface area contributed by atoms with E-state index in [-0.39, 0.29) is 17.6 Å². The highest BCUT2D eigenvalue weighted by molar-refractivity contribution is 6.17. The van der Waals surface area contributed by atoms with Crippen molar-refractivity contribution in [2.75, 3.05) is 11.4 Å². The van der Waals surface area contributed by atoms with E-state index in [4.69, 9.17) is 11.6 Å². The topological polar surface area (TPSA) is 3.24 Å². The molecule has 0 amide bonds. The Bertz CT molecular complexity index is 393. The molecule has 2 rings (SSSR count). The lowest BCUT2D eigenvalue weighted by molar-refractivity contribution is 0.540. The molecule has 1 aromatic carbocycles. The van der Waals surface area contributed by atoms with E-state index in [9.17, 15) is 8.78 Å². The monoisotopic (exact) mass is 273 g/mol. The molecule has 0 heterocycles. The molecule has 0 bridgehead atoms. The summed E-state index contributed by atoms with van der Waals surface area (Å²) in [6.07, 6.45) is 4.32. The summed E-state index contributed by atoms with van der Waals surface area (Å²) in [7, 11) is 0. The fourth-order valence-corrected chi connectivity index (χ4v) is 2.94. The first-order valence-corrected chi connectivity index (χ1v) is 7.01. The molecule has 0 aromatic heterocycles. The molecular weight excluding hydrogens is 256 g/mol. The second-order valence-electron chi connectivity index (χ2n) is 4.77. The zero-order valence-electron chi connectivity index (χ0n) is 10.6. The third-order valence-electron chi connectivity index (χ3n) is 3.62. The minimum absolute atomic E-state index is 0.110. The number of rotatable bonds is 4. The first kappa shape index (κ1) is 13.6. The van der Waals surface area contributed by atoms with Crippen molar-refractivity contribution in [3.05, 3.63) is 29.3 Å². The Kier molecular flexibility index (Phi) is 4.44. The summed E-state index contributed by atoms with van der Waals surface area (Å²) in [5.41, 5.74) is 0.594. The van der Waals surface area contributed by atoms with Gasteiger partial charge in [-0.3, -0.25) is 0 Å². The summed E-state index contributed by atoms with van der Waals surface area (Å²) in [4.78, 5) is 1.86. The van der Waals surface area contributed by atoms with Gasteiger partial charge in [0.2, 0.25) is 0 Å². The maximum Gasteiger partial charge on any atom is 0.149 e. The number of anilines is 1. The average molecular weight is 274 g/mol. The maximum atomic E-state index is 14.0. The second-order valence-corrected chi connectivity index (χ2v) is 5.03. The Hall–Kier alpha value is -0.830. The van der Waals surface area contributed by atoms with Crippen molar-refractivity contribution in [1.29, 1.82) is 0 Å². The fraction of sp³-hybridized carbons (Fsp3) is 0.571. The lowest BCUT2D eigenvalue weighted by Crippen LogP contribution is -2.34. The standard InChI is InChI=1S/C14H18ClF2N/c1-2-18(11-5-3-4-6-11)14-12(16)7-10(9-15)8-13(14)17/h7-8,11H,2-6,9H2,1H3. The highest BCUT2D eigenvalue weighted by Crippen LogP contribution is 2.32. The van der Waals surface area contributed by atoms with Crippen LogP contribution in [0.5, 0.6) is 0 Å². The van der Waals surface area contributed by atoms with E-state index in [0.717, 1.165) is 25.7 Å². The molecule has 1 saturated carbocycles. The van der Waals surface area contributed by atoms with Crippen LogP contribution in [0.1, 0.15) is 38.2 Å². The Morgan fingerprint density at radius 1 is 1.22 bits per heavy atom. The molecule has 0 radical (unpaired) electrons. The van der Waals surface area contributed by atoms with Gasteiger partial charge in [-0.25, -0.2) is 8.78 Å². The average Bonchev–Trinajstić information content (AvgIpc) is 2.86. The molecule has 18 heavy (non-hydrogen) atoms. The smallest absolute Gasteiger partial charge is 0.149 e. The molecule has 0 saturated heterocycles. The molecule has 0 N–H and O–H groups in total. The number of hydrogen-bond acceptors (Lipinski definition) is 1. The van der Waals surface area contributed by atoms with Gasteiger partial charge in [0, 0.05) is 18.5 Å². The zero-order chi connectivity index (χ0) is 13.1. The minimum Gasteiger partial charge on any atom is -0.364 e. The summed E-state index contributed by atoms with van der Waals surface area (Å²) in [6, 6.07) is 2.94. The van der Waals surface area contributed by atoms with Crippen LogP contribution >= 0.6 is 11.6 Å². The highest BCUT2D eigenvalue weighted by atomic mass is 35.5. The van der Waals surface area contributed by atoms with E-state index in [1.165, 1.54) is 12.1 Å². The molecule has 1 aliphatic rings. The van der Waals surface area contributed by atoms with Gasteiger partial charge in [-0.05, 0) is 37.5 Å². The summed E-state index contributed by atoms with van der Waals surface area (Å²) in [5.74, 6) is -0.872. The van der Waals surface area contributed by atoms with Gasteiger partial charge in [0.05, 0.1) is 0 Å². The first-order chi connectivity index (χ1) is 8.67. The van der Waals surface area contributed by atoms with E-state index in [1.807, 2.05) is 11.8 Å². The van der Waals surface area contributed by atoms with E-state index in [2.05, 4.69) is 0 Å². The predicted molar refractivity (Wildman–Crippen MR) is 71.2 cm³/mol. The van der Waals surface area contributed by atoms with Crippen molar-refractivity contribution in [1.82, 2.24) is 0 Å². The summed E-state index contributed by atoms with van der Waals surface area (Å²) >= 11 is 5.62. The van der Waals surface area contributed by atoms with Gasteiger partial charge in [-0.1, -0.05) is 12.8 Å². The lowest BCUT2D eigenvalue weighted by Gasteiger charge is -2.30. The van der Waals surface area contributed by atoms with Crippen LogP contribution in [0.3, 0.4) is 0 Å². The van der Waals surface area contributed by atoms with Crippen molar-refractivity contribution in [3.63, 3.8) is 0 Å². The number of hydrogen-bond donors (Lipinski definition) is 0. The van der Waals surface area contributed by atoms with Gasteiger partial charge in [0.1, 0.15) is 17.3 Å². The maximum absolute atomic E-state index is 14.0. The zero-order valence-corrected chi connectivity index (χ0v) is 11.3. The van der Waals surface area contributed by atoms with Crippen LogP contribution in [0.4, 0.5) is 14.5 Å². The number of halogens is 3. The van der Waals surface area contributed by atoms with Crippen molar-refractivity contribution in [2.45, 2.75) is 44.5 Å². The predicted octanol–water partition coefficient (Wildman–Crippen LogP) is 4.47. The van der Waals surface area contributed by atoms with Crippen LogP contribution in [-0.2, 0) is 5.88 Å². The van der Waals surface area contributed by atoms with Crippen LogP contribution < -0.4 is 4.90 Å². The van der Waals surface area contributed by atoms with Gasteiger partial charge in [0.15, 0.2) is 0 Å². The molecule has 0 atom stereocenters. The molecule has 1 nitrogen and oxygen atoms in total. The highest BCUT2D eigenvalue weighted by Gasteiger charge is 2.26. The quantitative estimate of drug-likeness (QED) is 0.732. The Labute approximate surface area is 112 Å². The van der Waals surface area contributed by atoms with E-state index in [0.29, 0.717) is 12.1 Å². The van der Waals surface area contributed by atoms with E-state index < -0.39 is 11.6 Å². The van der Waals surface area contributed by atoms with Gasteiger partial charge >= 0.3 is 0 Å². The summed E-state index contributed by atoms with van der Waals surface area (Å²) in [5, 5.41) is 0. The van der Waals surface area contributed by atoms with Crippen molar-refractivity contribution >= 4 is 17.3 Å². The molecule has 0 spiro atoms. The molecule has 100 valence electrons. The Morgan fingerprint density at radius 2 is 1.78 bits per heavy atom. The third-order valence-corrected chi connectivity index (χ3v) is 3.93. The molecule has 1 fully saturated rings. The van der Waals surface area contributed by atoms with Gasteiger partial charge in [-0.2, -0.15) is 0 Å². The molecule has 4 heteroatoms. The number of benzene rings is 1. The summed E-state index contributed by atoms with van der Waals surface area (Å²) < 4.78 is 28.1. The molecule has 0 unspecified atom stereocenters. The minimum atomic E-state index is -0.501. The van der Waals surface area contributed by atoms with Gasteiger partial charge in [-0.15, -0.1) is 11.6 Å². The largest absolute Gasteiger partial charge is 0.364 e. The van der Waals surface area contributed by atoms with Crippen LogP contribution in [-0.4, -0.2) is 12.6 Å². The van der Waals surface area contributed by atoms with Crippen molar-refractivity contribution in [2.24, 2.45) is 0 Å². The Balaban J connectivity index is 2.35. The normalized spacial score (nSPS) is 16.2. The third kappa shape index (κ3) is 2.61. The molecule has 1 aromatic rings. The summed E-state index contributed by atoms with van der Waals surface area (Å²) in [6.45, 7) is 2.56. The van der Waals surface area contributed by atoms with Crippen LogP contribution in [0.2, 0.25) is 0 Å². The number of nitrogens with zero attached hydrogens (tertiary/aromatic N) is 1. The Morgan fingerprint density at radius 3 is 2.22 bits per heavy atom. The van der Waals surface area contributed by atoms with E-state index >= 15 is 0 Å². The molecule has 1 aliphatic carbocycles. The lowest BCUT2D eigenvalue weighted by atomic mass is 10.1. The molecular formula is C14H18ClF2N. The fourth-order valence-electron chi connectivity index (χ4n) is 2.78.